The van der Waals surface area contributed by atoms with Gasteiger partial charge in [0.15, 0.2) is 0 Å². The smallest absolute Gasteiger partial charge is 0.254 e. The van der Waals surface area contributed by atoms with E-state index >= 15 is 0 Å². The number of rotatable bonds is 4. The molecule has 0 rings (SSSR count). The Morgan fingerprint density at radius 2 is 1.54 bits per heavy atom. The number of alkyl halides is 5. The Labute approximate surface area is 70.6 Å². The highest BCUT2D eigenvalue weighted by Crippen LogP contribution is 2.25. The second kappa shape index (κ2) is 4.18. The Kier molecular flexibility index (Phi) is 4.04. The van der Waals surface area contributed by atoms with Crippen molar-refractivity contribution in [2.75, 3.05) is 13.3 Å². The summed E-state index contributed by atoms with van der Waals surface area (Å²) in [7, 11) is -5.90. The third-order valence-corrected chi connectivity index (χ3v) is 1.98. The van der Waals surface area contributed by atoms with Gasteiger partial charge in [0.1, 0.15) is 19.5 Å². The molecule has 0 atom stereocenters. The monoisotopic (exact) mass is 228 g/mol. The Hall–Kier alpha value is -0.440. The minimum Gasteiger partial charge on any atom is -0.254 e. The van der Waals surface area contributed by atoms with Crippen molar-refractivity contribution in [2.24, 2.45) is 0 Å². The summed E-state index contributed by atoms with van der Waals surface area (Å²) in [4.78, 5) is 0. The molecule has 0 aliphatic rings. The SMILES string of the molecule is O=S(=O)(OC(CF)CF)C(F)(F)F. The van der Waals surface area contributed by atoms with Crippen LogP contribution in [-0.2, 0) is 14.3 Å². The van der Waals surface area contributed by atoms with E-state index in [1.807, 2.05) is 0 Å². The average Bonchev–Trinajstić information content (AvgIpc) is 1.98. The van der Waals surface area contributed by atoms with E-state index in [1.165, 1.54) is 0 Å². The van der Waals surface area contributed by atoms with Crippen LogP contribution in [0.15, 0.2) is 0 Å². The molecule has 0 aromatic rings. The lowest BCUT2D eigenvalue weighted by atomic mass is 10.4. The predicted molar refractivity (Wildman–Crippen MR) is 31.8 cm³/mol. The van der Waals surface area contributed by atoms with Gasteiger partial charge in [-0.3, -0.25) is 4.18 Å². The van der Waals surface area contributed by atoms with E-state index in [-0.39, 0.29) is 0 Å². The number of halogens is 5. The van der Waals surface area contributed by atoms with E-state index in [0.29, 0.717) is 0 Å². The highest BCUT2D eigenvalue weighted by Gasteiger charge is 2.48. The molecule has 0 amide bonds. The summed E-state index contributed by atoms with van der Waals surface area (Å²) in [5.41, 5.74) is -5.66. The number of hydrogen-bond acceptors (Lipinski definition) is 3. The lowest BCUT2D eigenvalue weighted by molar-refractivity contribution is -0.0587. The highest BCUT2D eigenvalue weighted by molar-refractivity contribution is 7.87. The highest BCUT2D eigenvalue weighted by atomic mass is 32.2. The quantitative estimate of drug-likeness (QED) is 0.412. The molecule has 9 heteroatoms. The van der Waals surface area contributed by atoms with Crippen LogP contribution in [0.2, 0.25) is 0 Å². The third-order valence-electron chi connectivity index (χ3n) is 0.890. The van der Waals surface area contributed by atoms with Gasteiger partial charge < -0.3 is 0 Å². The molecule has 0 unspecified atom stereocenters. The molecule has 0 radical (unpaired) electrons. The molecule has 3 nitrogen and oxygen atoms in total. The average molecular weight is 228 g/mol. The summed E-state index contributed by atoms with van der Waals surface area (Å²) in [6.45, 7) is -3.29. The second-order valence-electron chi connectivity index (χ2n) is 1.93. The van der Waals surface area contributed by atoms with E-state index in [1.54, 1.807) is 0 Å². The van der Waals surface area contributed by atoms with Gasteiger partial charge >= 0.3 is 15.6 Å². The van der Waals surface area contributed by atoms with Crippen LogP contribution in [0.1, 0.15) is 0 Å². The Bertz CT molecular complexity index is 241. The maximum atomic E-state index is 11.6. The fourth-order valence-corrected chi connectivity index (χ4v) is 0.897. The van der Waals surface area contributed by atoms with Gasteiger partial charge in [-0.05, 0) is 0 Å². The van der Waals surface area contributed by atoms with Crippen molar-refractivity contribution in [3.05, 3.63) is 0 Å². The van der Waals surface area contributed by atoms with E-state index in [0.717, 1.165) is 0 Å². The van der Waals surface area contributed by atoms with Gasteiger partial charge in [0, 0.05) is 0 Å². The molecule has 0 saturated carbocycles. The molecule has 0 spiro atoms. The van der Waals surface area contributed by atoms with Gasteiger partial charge in [-0.2, -0.15) is 21.6 Å². The van der Waals surface area contributed by atoms with Crippen molar-refractivity contribution in [1.82, 2.24) is 0 Å². The first-order chi connectivity index (χ1) is 5.74. The van der Waals surface area contributed by atoms with Crippen LogP contribution in [0.5, 0.6) is 0 Å². The predicted octanol–water partition coefficient (Wildman–Crippen LogP) is 1.16. The Morgan fingerprint density at radius 3 is 1.77 bits per heavy atom. The maximum Gasteiger partial charge on any atom is 0.523 e. The van der Waals surface area contributed by atoms with Crippen LogP contribution in [0.4, 0.5) is 22.0 Å². The van der Waals surface area contributed by atoms with Crippen LogP contribution in [0.25, 0.3) is 0 Å². The van der Waals surface area contributed by atoms with Crippen LogP contribution < -0.4 is 0 Å². The summed E-state index contributed by atoms with van der Waals surface area (Å²) in [5, 5.41) is 0. The van der Waals surface area contributed by atoms with Crippen molar-refractivity contribution in [2.45, 2.75) is 11.6 Å². The van der Waals surface area contributed by atoms with Crippen LogP contribution in [0, 0.1) is 0 Å². The normalized spacial score (nSPS) is 13.7. The zero-order valence-corrected chi connectivity index (χ0v) is 6.83. The van der Waals surface area contributed by atoms with Crippen molar-refractivity contribution >= 4 is 10.1 Å². The van der Waals surface area contributed by atoms with E-state index < -0.39 is 35.1 Å². The summed E-state index contributed by atoms with van der Waals surface area (Å²) in [5.74, 6) is 0. The minimum atomic E-state index is -5.90. The van der Waals surface area contributed by atoms with Gasteiger partial charge in [-0.15, -0.1) is 0 Å². The van der Waals surface area contributed by atoms with Crippen LogP contribution in [-0.4, -0.2) is 33.4 Å². The molecule has 0 aromatic carbocycles. The molecule has 0 saturated heterocycles. The summed E-state index contributed by atoms with van der Waals surface area (Å²) < 4.78 is 81.1. The van der Waals surface area contributed by atoms with E-state index in [9.17, 15) is 30.4 Å². The molecule has 0 aliphatic heterocycles. The Morgan fingerprint density at radius 1 is 1.15 bits per heavy atom. The molecule has 0 N–H and O–H groups in total. The van der Waals surface area contributed by atoms with Crippen LogP contribution in [0.3, 0.4) is 0 Å². The lowest BCUT2D eigenvalue weighted by Crippen LogP contribution is -2.31. The third kappa shape index (κ3) is 3.43. The Balaban J connectivity index is 4.52. The first kappa shape index (κ1) is 12.6. The minimum absolute atomic E-state index is 1.65. The molecule has 0 fully saturated rings. The second-order valence-corrected chi connectivity index (χ2v) is 3.49. The van der Waals surface area contributed by atoms with Crippen LogP contribution >= 0.6 is 0 Å². The molecule has 0 aliphatic carbocycles. The summed E-state index contributed by atoms with van der Waals surface area (Å²) in [6, 6.07) is 0. The van der Waals surface area contributed by atoms with Gasteiger partial charge in [0.05, 0.1) is 0 Å². The molecule has 0 heterocycles. The molecular formula is C4H5F5O3S. The molecule has 80 valence electrons. The largest absolute Gasteiger partial charge is 0.523 e. The summed E-state index contributed by atoms with van der Waals surface area (Å²) >= 11 is 0. The van der Waals surface area contributed by atoms with E-state index in [2.05, 4.69) is 4.18 Å². The molecule has 13 heavy (non-hydrogen) atoms. The lowest BCUT2D eigenvalue weighted by Gasteiger charge is -2.12. The fourth-order valence-electron chi connectivity index (χ4n) is 0.326. The van der Waals surface area contributed by atoms with Gasteiger partial charge in [-0.25, -0.2) is 8.78 Å². The van der Waals surface area contributed by atoms with Crippen molar-refractivity contribution in [3.8, 4) is 0 Å². The van der Waals surface area contributed by atoms with Crippen molar-refractivity contribution in [3.63, 3.8) is 0 Å². The van der Waals surface area contributed by atoms with E-state index in [4.69, 9.17) is 0 Å². The van der Waals surface area contributed by atoms with Crippen molar-refractivity contribution < 1.29 is 34.6 Å². The first-order valence-corrected chi connectivity index (χ1v) is 4.27. The molecule has 0 bridgehead atoms. The zero-order chi connectivity index (χ0) is 10.7. The molecule has 0 aromatic heterocycles. The van der Waals surface area contributed by atoms with Gasteiger partial charge in [0.25, 0.3) is 0 Å². The summed E-state index contributed by atoms with van der Waals surface area (Å²) in [6.07, 6.45) is -2.23. The first-order valence-electron chi connectivity index (χ1n) is 2.86. The van der Waals surface area contributed by atoms with Gasteiger partial charge in [-0.1, -0.05) is 0 Å². The standard InChI is InChI=1S/C4H5F5O3S/c5-1-3(2-6)12-13(10,11)4(7,8)9/h3H,1-2H2. The van der Waals surface area contributed by atoms with Gasteiger partial charge in [0.2, 0.25) is 0 Å². The maximum absolute atomic E-state index is 11.6. The number of hydrogen-bond donors (Lipinski definition) is 0. The zero-order valence-electron chi connectivity index (χ0n) is 6.01. The fraction of sp³-hybridized carbons (Fsp3) is 1.00. The topological polar surface area (TPSA) is 43.4 Å². The van der Waals surface area contributed by atoms with Crippen molar-refractivity contribution in [1.29, 1.82) is 0 Å². The molecular weight excluding hydrogens is 223 g/mol.